The Balaban J connectivity index is 1.77. The van der Waals surface area contributed by atoms with E-state index in [4.69, 9.17) is 0 Å². The zero-order valence-electron chi connectivity index (χ0n) is 20.8. The fraction of sp³-hybridized carbons (Fsp3) is 0.708. The Morgan fingerprint density at radius 2 is 1.79 bits per heavy atom. The number of sulfonamides is 1. The van der Waals surface area contributed by atoms with Gasteiger partial charge in [-0.15, -0.1) is 0 Å². The van der Waals surface area contributed by atoms with Gasteiger partial charge in [0.25, 0.3) is 5.91 Å². The van der Waals surface area contributed by atoms with Crippen molar-refractivity contribution in [3.63, 3.8) is 0 Å². The van der Waals surface area contributed by atoms with Gasteiger partial charge in [-0.3, -0.25) is 14.6 Å². The molecule has 0 radical (unpaired) electrons. The zero-order valence-corrected chi connectivity index (χ0v) is 21.6. The number of fused-ring (bicyclic) bond motifs is 1. The molecule has 3 rings (SSSR count). The van der Waals surface area contributed by atoms with E-state index in [0.717, 1.165) is 16.3 Å². The van der Waals surface area contributed by atoms with Crippen LogP contribution >= 0.6 is 0 Å². The average Bonchev–Trinajstić information content (AvgIpc) is 3.23. The molecule has 2 fully saturated rings. The maximum Gasteiger partial charge on any atom is 0.255 e. The van der Waals surface area contributed by atoms with Crippen molar-refractivity contribution in [1.82, 2.24) is 19.5 Å². The number of hydrogen-bond acceptors (Lipinski definition) is 6. The van der Waals surface area contributed by atoms with Gasteiger partial charge in [0.15, 0.2) is 0 Å². The molecule has 0 bridgehead atoms. The summed E-state index contributed by atoms with van der Waals surface area (Å²) in [5, 5.41) is 3.55. The molecular formula is C24H38N4O4S. The topological polar surface area (TPSA) is 99.7 Å². The first kappa shape index (κ1) is 25.6. The molecule has 184 valence electrons. The number of carbonyl (C=O) groups excluding carboxylic acids is 2. The van der Waals surface area contributed by atoms with Gasteiger partial charge in [0, 0.05) is 25.3 Å². The summed E-state index contributed by atoms with van der Waals surface area (Å²) in [4.78, 5) is 32.5. The molecule has 0 aromatic carbocycles. The van der Waals surface area contributed by atoms with Crippen molar-refractivity contribution in [3.8, 4) is 0 Å². The van der Waals surface area contributed by atoms with E-state index in [9.17, 15) is 18.0 Å². The molecule has 1 aromatic heterocycles. The van der Waals surface area contributed by atoms with Crippen LogP contribution in [0.2, 0.25) is 0 Å². The van der Waals surface area contributed by atoms with E-state index in [1.165, 1.54) is 0 Å². The highest BCUT2D eigenvalue weighted by molar-refractivity contribution is 7.88. The lowest BCUT2D eigenvalue weighted by atomic mass is 9.88. The molecule has 3 heterocycles. The normalized spacial score (nSPS) is 23.5. The third-order valence-electron chi connectivity index (χ3n) is 6.95. The number of likely N-dealkylation sites (tertiary alicyclic amines) is 1. The molecule has 1 N–H and O–H groups in total. The second-order valence-electron chi connectivity index (χ2n) is 10.4. The van der Waals surface area contributed by atoms with Crippen LogP contribution in [0, 0.1) is 23.7 Å². The minimum atomic E-state index is -3.69. The predicted octanol–water partition coefficient (Wildman–Crippen LogP) is 2.51. The first-order valence-corrected chi connectivity index (χ1v) is 13.7. The van der Waals surface area contributed by atoms with Crippen molar-refractivity contribution in [2.24, 2.45) is 23.7 Å². The Morgan fingerprint density at radius 3 is 2.27 bits per heavy atom. The molecule has 9 heteroatoms. The van der Waals surface area contributed by atoms with Gasteiger partial charge in [-0.2, -0.15) is 0 Å². The monoisotopic (exact) mass is 478 g/mol. The van der Waals surface area contributed by atoms with Crippen LogP contribution in [0.15, 0.2) is 18.3 Å². The number of nitrogens with one attached hydrogen (secondary N) is 1. The van der Waals surface area contributed by atoms with E-state index in [2.05, 4.69) is 38.0 Å². The van der Waals surface area contributed by atoms with E-state index in [1.807, 2.05) is 19.9 Å². The number of hydrogen-bond donors (Lipinski definition) is 1. The fourth-order valence-electron chi connectivity index (χ4n) is 5.56. The van der Waals surface area contributed by atoms with Gasteiger partial charge in [-0.1, -0.05) is 41.5 Å². The predicted molar refractivity (Wildman–Crippen MR) is 128 cm³/mol. The van der Waals surface area contributed by atoms with Crippen LogP contribution in [-0.4, -0.2) is 65.3 Å². The summed E-state index contributed by atoms with van der Waals surface area (Å²) in [6, 6.07) is 3.06. The Hall–Kier alpha value is -2.00. The molecule has 33 heavy (non-hydrogen) atoms. The first-order valence-electron chi connectivity index (χ1n) is 11.9. The third-order valence-corrected chi connectivity index (χ3v) is 8.12. The SMILES string of the molecule is CC(C)C(NCc1ccc(C(=O)N2CC[C@H]3[C@H]2[C@@H](C(C)C)C(=O)N3S(C)(=O)=O)cn1)C(C)C. The highest BCUT2D eigenvalue weighted by atomic mass is 32.2. The van der Waals surface area contributed by atoms with Gasteiger partial charge >= 0.3 is 0 Å². The molecule has 0 aliphatic carbocycles. The Kier molecular flexibility index (Phi) is 7.53. The molecule has 0 unspecified atom stereocenters. The zero-order chi connectivity index (χ0) is 24.7. The Morgan fingerprint density at radius 1 is 1.15 bits per heavy atom. The van der Waals surface area contributed by atoms with Gasteiger partial charge in [-0.05, 0) is 36.3 Å². The molecule has 2 aliphatic rings. The van der Waals surface area contributed by atoms with Crippen molar-refractivity contribution >= 4 is 21.8 Å². The minimum absolute atomic E-state index is 0.0772. The van der Waals surface area contributed by atoms with Crippen LogP contribution in [0.25, 0.3) is 0 Å². The smallest absolute Gasteiger partial charge is 0.255 e. The van der Waals surface area contributed by atoms with Gasteiger partial charge in [-0.25, -0.2) is 12.7 Å². The van der Waals surface area contributed by atoms with E-state index >= 15 is 0 Å². The molecule has 0 spiro atoms. The summed E-state index contributed by atoms with van der Waals surface area (Å²) in [5.41, 5.74) is 1.31. The molecule has 3 atom stereocenters. The van der Waals surface area contributed by atoms with Crippen molar-refractivity contribution in [3.05, 3.63) is 29.6 Å². The molecule has 8 nitrogen and oxygen atoms in total. The Bertz CT molecular complexity index is 967. The number of rotatable bonds is 8. The lowest BCUT2D eigenvalue weighted by Crippen LogP contribution is -2.44. The average molecular weight is 479 g/mol. The van der Waals surface area contributed by atoms with Crippen LogP contribution in [0.4, 0.5) is 0 Å². The van der Waals surface area contributed by atoms with Crippen LogP contribution < -0.4 is 5.32 Å². The number of pyridine rings is 1. The molecule has 2 saturated heterocycles. The number of amides is 2. The van der Waals surface area contributed by atoms with Crippen molar-refractivity contribution in [2.45, 2.75) is 72.6 Å². The molecule has 2 aliphatic heterocycles. The van der Waals surface area contributed by atoms with E-state index in [0.29, 0.717) is 43.0 Å². The molecule has 0 saturated carbocycles. The van der Waals surface area contributed by atoms with Crippen molar-refractivity contribution < 1.29 is 18.0 Å². The summed E-state index contributed by atoms with van der Waals surface area (Å²) >= 11 is 0. The molecular weight excluding hydrogens is 440 g/mol. The highest BCUT2D eigenvalue weighted by Gasteiger charge is 2.58. The second-order valence-corrected chi connectivity index (χ2v) is 12.3. The van der Waals surface area contributed by atoms with Crippen molar-refractivity contribution in [2.75, 3.05) is 12.8 Å². The van der Waals surface area contributed by atoms with Crippen molar-refractivity contribution in [1.29, 1.82) is 0 Å². The van der Waals surface area contributed by atoms with Crippen LogP contribution in [-0.2, 0) is 21.4 Å². The van der Waals surface area contributed by atoms with Gasteiger partial charge in [0.2, 0.25) is 15.9 Å². The van der Waals surface area contributed by atoms with Gasteiger partial charge in [0.05, 0.1) is 35.5 Å². The number of nitrogens with zero attached hydrogens (tertiary/aromatic N) is 3. The quantitative estimate of drug-likeness (QED) is 0.616. The first-order chi connectivity index (χ1) is 15.3. The lowest BCUT2D eigenvalue weighted by Gasteiger charge is -2.29. The second kappa shape index (κ2) is 9.70. The minimum Gasteiger partial charge on any atom is -0.333 e. The van der Waals surface area contributed by atoms with Crippen LogP contribution in [0.1, 0.15) is 64.0 Å². The van der Waals surface area contributed by atoms with Crippen LogP contribution in [0.3, 0.4) is 0 Å². The van der Waals surface area contributed by atoms with E-state index in [-0.39, 0.29) is 11.8 Å². The van der Waals surface area contributed by atoms with Gasteiger partial charge < -0.3 is 10.2 Å². The maximum atomic E-state index is 13.4. The number of aromatic nitrogens is 1. The number of carbonyl (C=O) groups is 2. The maximum absolute atomic E-state index is 13.4. The summed E-state index contributed by atoms with van der Waals surface area (Å²) in [6.07, 6.45) is 3.11. The summed E-state index contributed by atoms with van der Waals surface area (Å²) in [6.45, 7) is 13.6. The fourth-order valence-corrected chi connectivity index (χ4v) is 6.73. The summed E-state index contributed by atoms with van der Waals surface area (Å²) in [7, 11) is -3.69. The van der Waals surface area contributed by atoms with Crippen LogP contribution in [0.5, 0.6) is 0 Å². The van der Waals surface area contributed by atoms with E-state index in [1.54, 1.807) is 17.2 Å². The molecule has 1 aromatic rings. The van der Waals surface area contributed by atoms with E-state index < -0.39 is 33.9 Å². The summed E-state index contributed by atoms with van der Waals surface area (Å²) < 4.78 is 25.7. The lowest BCUT2D eigenvalue weighted by molar-refractivity contribution is -0.129. The molecule has 2 amide bonds. The largest absolute Gasteiger partial charge is 0.333 e. The highest BCUT2D eigenvalue weighted by Crippen LogP contribution is 2.41. The standard InChI is InChI=1S/C24H38N4O4S/c1-14(2)20-22-19(28(24(20)30)33(7,31)32)10-11-27(22)23(29)17-8-9-18(25-12-17)13-26-21(15(3)4)16(5)6/h8-9,12,14-16,19-22,26H,10-11,13H2,1-7H3/t19-,20+,22-/m0/s1. The Labute approximate surface area is 198 Å². The third kappa shape index (κ3) is 5.09. The van der Waals surface area contributed by atoms with Gasteiger partial charge in [0.1, 0.15) is 0 Å². The summed E-state index contributed by atoms with van der Waals surface area (Å²) in [5.74, 6) is -0.204.